The van der Waals surface area contributed by atoms with Crippen molar-refractivity contribution in [1.29, 1.82) is 0 Å². The van der Waals surface area contributed by atoms with Gasteiger partial charge in [0.1, 0.15) is 5.82 Å². The minimum Gasteiger partial charge on any atom is -0.341 e. The van der Waals surface area contributed by atoms with Crippen molar-refractivity contribution in [2.45, 2.75) is 39.2 Å². The van der Waals surface area contributed by atoms with Crippen LogP contribution in [-0.2, 0) is 11.3 Å². The number of amides is 1. The lowest BCUT2D eigenvalue weighted by Crippen LogP contribution is -2.48. The summed E-state index contributed by atoms with van der Waals surface area (Å²) >= 11 is 0. The van der Waals surface area contributed by atoms with Crippen LogP contribution in [0.15, 0.2) is 24.3 Å². The number of benzene rings is 1. The Kier molecular flexibility index (Phi) is 4.99. The average Bonchev–Trinajstić information content (AvgIpc) is 2.50. The average molecular weight is 292 g/mol. The SMILES string of the molecule is CC1CCC(CN)(C(=O)N(C)Cc2ccc(F)cc2)CC1. The van der Waals surface area contributed by atoms with Crippen molar-refractivity contribution < 1.29 is 9.18 Å². The van der Waals surface area contributed by atoms with Gasteiger partial charge in [0.2, 0.25) is 5.91 Å². The van der Waals surface area contributed by atoms with Crippen molar-refractivity contribution in [3.63, 3.8) is 0 Å². The molecular formula is C17H25FN2O. The number of rotatable bonds is 4. The summed E-state index contributed by atoms with van der Waals surface area (Å²) in [4.78, 5) is 14.5. The van der Waals surface area contributed by atoms with Crippen LogP contribution >= 0.6 is 0 Å². The molecule has 1 amide bonds. The Morgan fingerprint density at radius 1 is 1.33 bits per heavy atom. The van der Waals surface area contributed by atoms with Crippen LogP contribution in [0.3, 0.4) is 0 Å². The van der Waals surface area contributed by atoms with Gasteiger partial charge < -0.3 is 10.6 Å². The number of carbonyl (C=O) groups is 1. The van der Waals surface area contributed by atoms with Gasteiger partial charge in [-0.2, -0.15) is 0 Å². The minimum atomic E-state index is -0.401. The smallest absolute Gasteiger partial charge is 0.230 e. The van der Waals surface area contributed by atoms with E-state index in [2.05, 4.69) is 6.92 Å². The summed E-state index contributed by atoms with van der Waals surface area (Å²) in [6.45, 7) is 3.13. The predicted molar refractivity (Wildman–Crippen MR) is 82.0 cm³/mol. The van der Waals surface area contributed by atoms with Crippen LogP contribution in [0.4, 0.5) is 4.39 Å². The maximum atomic E-state index is 12.9. The molecular weight excluding hydrogens is 267 g/mol. The number of hydrogen-bond donors (Lipinski definition) is 1. The molecule has 2 N–H and O–H groups in total. The molecule has 0 bridgehead atoms. The predicted octanol–water partition coefficient (Wildman–Crippen LogP) is 2.94. The van der Waals surface area contributed by atoms with Crippen LogP contribution in [0.2, 0.25) is 0 Å². The van der Waals surface area contributed by atoms with E-state index < -0.39 is 5.41 Å². The first kappa shape index (κ1) is 16.0. The molecule has 4 heteroatoms. The summed E-state index contributed by atoms with van der Waals surface area (Å²) < 4.78 is 12.9. The summed E-state index contributed by atoms with van der Waals surface area (Å²) in [7, 11) is 1.81. The first-order chi connectivity index (χ1) is 9.97. The number of hydrogen-bond acceptors (Lipinski definition) is 2. The largest absolute Gasteiger partial charge is 0.341 e. The van der Waals surface area contributed by atoms with Gasteiger partial charge >= 0.3 is 0 Å². The van der Waals surface area contributed by atoms with Crippen LogP contribution in [0.25, 0.3) is 0 Å². The highest BCUT2D eigenvalue weighted by Gasteiger charge is 2.41. The summed E-state index contributed by atoms with van der Waals surface area (Å²) in [5.41, 5.74) is 6.47. The molecule has 0 aromatic heterocycles. The molecule has 1 aromatic carbocycles. The maximum Gasteiger partial charge on any atom is 0.230 e. The lowest BCUT2D eigenvalue weighted by atomic mass is 9.70. The van der Waals surface area contributed by atoms with Crippen LogP contribution in [0, 0.1) is 17.2 Å². The molecule has 1 saturated carbocycles. The Labute approximate surface area is 126 Å². The Morgan fingerprint density at radius 3 is 2.43 bits per heavy atom. The fourth-order valence-electron chi connectivity index (χ4n) is 3.16. The first-order valence-corrected chi connectivity index (χ1v) is 7.67. The molecule has 1 aromatic rings. The molecule has 0 radical (unpaired) electrons. The zero-order chi connectivity index (χ0) is 15.5. The highest BCUT2D eigenvalue weighted by molar-refractivity contribution is 5.83. The summed E-state index contributed by atoms with van der Waals surface area (Å²) in [6, 6.07) is 6.29. The van der Waals surface area contributed by atoms with Gasteiger partial charge in [0.25, 0.3) is 0 Å². The molecule has 0 unspecified atom stereocenters. The van der Waals surface area contributed by atoms with Crippen LogP contribution in [0.5, 0.6) is 0 Å². The van der Waals surface area contributed by atoms with E-state index in [1.165, 1.54) is 12.1 Å². The molecule has 0 spiro atoms. The van der Waals surface area contributed by atoms with Crippen molar-refractivity contribution in [2.24, 2.45) is 17.1 Å². The normalized spacial score (nSPS) is 25.6. The highest BCUT2D eigenvalue weighted by Crippen LogP contribution is 2.39. The number of carbonyl (C=O) groups excluding carboxylic acids is 1. The highest BCUT2D eigenvalue weighted by atomic mass is 19.1. The second-order valence-electron chi connectivity index (χ2n) is 6.45. The van der Waals surface area contributed by atoms with Gasteiger partial charge in [-0.05, 0) is 49.3 Å². The van der Waals surface area contributed by atoms with E-state index in [4.69, 9.17) is 5.73 Å². The van der Waals surface area contributed by atoms with E-state index in [-0.39, 0.29) is 11.7 Å². The lowest BCUT2D eigenvalue weighted by molar-refractivity contribution is -0.143. The Morgan fingerprint density at radius 2 is 1.90 bits per heavy atom. The topological polar surface area (TPSA) is 46.3 Å². The molecule has 116 valence electrons. The van der Waals surface area contributed by atoms with E-state index in [1.807, 2.05) is 0 Å². The Bertz CT molecular complexity index is 478. The van der Waals surface area contributed by atoms with E-state index in [9.17, 15) is 9.18 Å². The third-order valence-electron chi connectivity index (χ3n) is 4.76. The standard InChI is InChI=1S/C17H25FN2O/c1-13-7-9-17(12-19,10-8-13)16(21)20(2)11-14-3-5-15(18)6-4-14/h3-6,13H,7-12,19H2,1-2H3. The first-order valence-electron chi connectivity index (χ1n) is 7.67. The summed E-state index contributed by atoms with van der Waals surface area (Å²) in [5.74, 6) is 0.550. The van der Waals surface area contributed by atoms with E-state index in [0.717, 1.165) is 31.2 Å². The third-order valence-corrected chi connectivity index (χ3v) is 4.76. The fraction of sp³-hybridized carbons (Fsp3) is 0.588. The van der Waals surface area contributed by atoms with Crippen molar-refractivity contribution >= 4 is 5.91 Å². The number of nitrogens with zero attached hydrogens (tertiary/aromatic N) is 1. The molecule has 1 aliphatic rings. The lowest BCUT2D eigenvalue weighted by Gasteiger charge is -2.39. The van der Waals surface area contributed by atoms with Crippen LogP contribution in [0.1, 0.15) is 38.2 Å². The van der Waals surface area contributed by atoms with Crippen LogP contribution < -0.4 is 5.73 Å². The molecule has 1 fully saturated rings. The van der Waals surface area contributed by atoms with Crippen molar-refractivity contribution in [1.82, 2.24) is 4.90 Å². The van der Waals surface area contributed by atoms with Gasteiger partial charge in [-0.3, -0.25) is 4.79 Å². The summed E-state index contributed by atoms with van der Waals surface area (Å²) in [6.07, 6.45) is 3.87. The zero-order valence-corrected chi connectivity index (χ0v) is 12.9. The molecule has 2 rings (SSSR count). The maximum absolute atomic E-state index is 12.9. The second kappa shape index (κ2) is 6.56. The summed E-state index contributed by atoms with van der Waals surface area (Å²) in [5, 5.41) is 0. The van der Waals surface area contributed by atoms with E-state index in [1.54, 1.807) is 24.1 Å². The van der Waals surface area contributed by atoms with Crippen molar-refractivity contribution in [3.05, 3.63) is 35.6 Å². The minimum absolute atomic E-state index is 0.126. The molecule has 0 heterocycles. The number of halogens is 1. The van der Waals surface area contributed by atoms with Gasteiger partial charge in [-0.25, -0.2) is 4.39 Å². The van der Waals surface area contributed by atoms with Crippen molar-refractivity contribution in [2.75, 3.05) is 13.6 Å². The second-order valence-corrected chi connectivity index (χ2v) is 6.45. The fourth-order valence-corrected chi connectivity index (χ4v) is 3.16. The van der Waals surface area contributed by atoms with Crippen molar-refractivity contribution in [3.8, 4) is 0 Å². The molecule has 3 nitrogen and oxygen atoms in total. The Balaban J connectivity index is 2.05. The molecule has 0 aliphatic heterocycles. The van der Waals surface area contributed by atoms with Gasteiger partial charge in [-0.15, -0.1) is 0 Å². The molecule has 1 aliphatic carbocycles. The molecule has 0 saturated heterocycles. The van der Waals surface area contributed by atoms with Gasteiger partial charge in [-0.1, -0.05) is 19.1 Å². The monoisotopic (exact) mass is 292 g/mol. The van der Waals surface area contributed by atoms with Gasteiger partial charge in [0, 0.05) is 20.1 Å². The quantitative estimate of drug-likeness (QED) is 0.927. The Hall–Kier alpha value is -1.42. The van der Waals surface area contributed by atoms with Gasteiger partial charge in [0.15, 0.2) is 0 Å². The van der Waals surface area contributed by atoms with Crippen LogP contribution in [-0.4, -0.2) is 24.4 Å². The zero-order valence-electron chi connectivity index (χ0n) is 12.9. The van der Waals surface area contributed by atoms with Gasteiger partial charge in [0.05, 0.1) is 5.41 Å². The number of nitrogens with two attached hydrogens (primary N) is 1. The molecule has 21 heavy (non-hydrogen) atoms. The van der Waals surface area contributed by atoms with E-state index in [0.29, 0.717) is 19.0 Å². The molecule has 0 atom stereocenters. The third kappa shape index (κ3) is 3.62. The van der Waals surface area contributed by atoms with E-state index >= 15 is 0 Å².